The van der Waals surface area contributed by atoms with Crippen LogP contribution < -0.4 is 0 Å². The van der Waals surface area contributed by atoms with Crippen molar-refractivity contribution in [1.82, 2.24) is 4.57 Å². The predicted octanol–water partition coefficient (Wildman–Crippen LogP) is 3.54. The molecule has 1 nitrogen and oxygen atoms in total. The fraction of sp³-hybridized carbons (Fsp3) is 0.636. The molecule has 0 radical (unpaired) electrons. The SMILES string of the molecule is CC.CCCn1cc(C)cc1C. The van der Waals surface area contributed by atoms with E-state index in [9.17, 15) is 0 Å². The summed E-state index contributed by atoms with van der Waals surface area (Å²) in [5, 5.41) is 0. The minimum absolute atomic E-state index is 1.15. The second-order valence-electron chi connectivity index (χ2n) is 2.85. The van der Waals surface area contributed by atoms with E-state index in [4.69, 9.17) is 0 Å². The summed E-state index contributed by atoms with van der Waals surface area (Å²) in [6.07, 6.45) is 3.42. The van der Waals surface area contributed by atoms with Crippen molar-refractivity contribution in [1.29, 1.82) is 0 Å². The molecule has 0 unspecified atom stereocenters. The lowest BCUT2D eigenvalue weighted by Gasteiger charge is -2.01. The molecule has 0 aliphatic rings. The molecule has 0 fully saturated rings. The molecule has 1 heteroatoms. The zero-order valence-corrected chi connectivity index (χ0v) is 9.02. The molecule has 0 saturated carbocycles. The second-order valence-corrected chi connectivity index (χ2v) is 2.85. The normalized spacial score (nSPS) is 9.08. The van der Waals surface area contributed by atoms with Gasteiger partial charge in [-0.25, -0.2) is 0 Å². The summed E-state index contributed by atoms with van der Waals surface area (Å²) in [5.74, 6) is 0. The highest BCUT2D eigenvalue weighted by Gasteiger charge is 1.95. The van der Waals surface area contributed by atoms with Gasteiger partial charge in [-0.3, -0.25) is 0 Å². The van der Waals surface area contributed by atoms with Crippen LogP contribution in [0.15, 0.2) is 12.3 Å². The Hall–Kier alpha value is -0.720. The van der Waals surface area contributed by atoms with E-state index in [0.717, 1.165) is 6.54 Å². The first-order valence-corrected chi connectivity index (χ1v) is 4.87. The van der Waals surface area contributed by atoms with Crippen LogP contribution in [0.1, 0.15) is 38.4 Å². The summed E-state index contributed by atoms with van der Waals surface area (Å²) in [7, 11) is 0. The summed E-state index contributed by atoms with van der Waals surface area (Å²) in [6, 6.07) is 2.22. The average Bonchev–Trinajstić information content (AvgIpc) is 2.35. The number of rotatable bonds is 2. The molecular formula is C11H21N. The molecule has 0 aliphatic carbocycles. The number of nitrogens with zero attached hydrogens (tertiary/aromatic N) is 1. The van der Waals surface area contributed by atoms with Gasteiger partial charge in [0, 0.05) is 18.4 Å². The van der Waals surface area contributed by atoms with E-state index < -0.39 is 0 Å². The Balaban J connectivity index is 0.000000561. The maximum Gasteiger partial charge on any atom is 0.0219 e. The van der Waals surface area contributed by atoms with Gasteiger partial charge in [0.15, 0.2) is 0 Å². The lowest BCUT2D eigenvalue weighted by molar-refractivity contribution is 0.665. The molecule has 70 valence electrons. The van der Waals surface area contributed by atoms with E-state index in [0.29, 0.717) is 0 Å². The predicted molar refractivity (Wildman–Crippen MR) is 55.5 cm³/mol. The monoisotopic (exact) mass is 167 g/mol. The Morgan fingerprint density at radius 3 is 2.17 bits per heavy atom. The quantitative estimate of drug-likeness (QED) is 0.635. The molecule has 0 amide bonds. The molecule has 1 aromatic rings. The van der Waals surface area contributed by atoms with Crippen LogP contribution in [-0.4, -0.2) is 4.57 Å². The van der Waals surface area contributed by atoms with Crippen molar-refractivity contribution in [3.8, 4) is 0 Å². The first-order chi connectivity index (χ1) is 5.74. The Kier molecular flexibility index (Phi) is 5.52. The summed E-state index contributed by atoms with van der Waals surface area (Å²) in [5.41, 5.74) is 2.74. The molecule has 0 bridgehead atoms. The van der Waals surface area contributed by atoms with E-state index in [1.165, 1.54) is 17.7 Å². The Labute approximate surface area is 76.4 Å². The van der Waals surface area contributed by atoms with E-state index >= 15 is 0 Å². The van der Waals surface area contributed by atoms with Crippen molar-refractivity contribution >= 4 is 0 Å². The Morgan fingerprint density at radius 1 is 1.25 bits per heavy atom. The van der Waals surface area contributed by atoms with Gasteiger partial charge in [0.05, 0.1) is 0 Å². The topological polar surface area (TPSA) is 4.93 Å². The van der Waals surface area contributed by atoms with Crippen molar-refractivity contribution in [2.24, 2.45) is 0 Å². The van der Waals surface area contributed by atoms with Gasteiger partial charge in [0.25, 0.3) is 0 Å². The summed E-state index contributed by atoms with van der Waals surface area (Å²) in [6.45, 7) is 11.6. The van der Waals surface area contributed by atoms with Crippen molar-refractivity contribution in [2.45, 2.75) is 47.6 Å². The van der Waals surface area contributed by atoms with E-state index in [1.807, 2.05) is 13.8 Å². The van der Waals surface area contributed by atoms with Gasteiger partial charge in [-0.1, -0.05) is 20.8 Å². The zero-order chi connectivity index (χ0) is 9.56. The van der Waals surface area contributed by atoms with E-state index in [-0.39, 0.29) is 0 Å². The Bertz CT molecular complexity index is 211. The van der Waals surface area contributed by atoms with Crippen molar-refractivity contribution in [2.75, 3.05) is 0 Å². The summed E-state index contributed by atoms with van der Waals surface area (Å²) >= 11 is 0. The van der Waals surface area contributed by atoms with Gasteiger partial charge in [-0.2, -0.15) is 0 Å². The highest BCUT2D eigenvalue weighted by molar-refractivity contribution is 5.15. The van der Waals surface area contributed by atoms with Crippen LogP contribution in [0.4, 0.5) is 0 Å². The van der Waals surface area contributed by atoms with Crippen LogP contribution in [-0.2, 0) is 6.54 Å². The lowest BCUT2D eigenvalue weighted by Crippen LogP contribution is -1.95. The zero-order valence-electron chi connectivity index (χ0n) is 9.02. The van der Waals surface area contributed by atoms with Crippen molar-refractivity contribution in [3.63, 3.8) is 0 Å². The highest BCUT2D eigenvalue weighted by atomic mass is 15.0. The number of hydrogen-bond acceptors (Lipinski definition) is 0. The van der Waals surface area contributed by atoms with Crippen molar-refractivity contribution in [3.05, 3.63) is 23.5 Å². The third-order valence-electron chi connectivity index (χ3n) is 1.71. The number of hydrogen-bond donors (Lipinski definition) is 0. The summed E-state index contributed by atoms with van der Waals surface area (Å²) < 4.78 is 2.30. The maximum atomic E-state index is 2.30. The van der Waals surface area contributed by atoms with E-state index in [1.54, 1.807) is 0 Å². The molecular weight excluding hydrogens is 146 g/mol. The molecule has 0 atom stereocenters. The van der Waals surface area contributed by atoms with Crippen LogP contribution in [0.5, 0.6) is 0 Å². The Morgan fingerprint density at radius 2 is 1.83 bits per heavy atom. The largest absolute Gasteiger partial charge is 0.351 e. The fourth-order valence-electron chi connectivity index (χ4n) is 1.28. The third-order valence-corrected chi connectivity index (χ3v) is 1.71. The van der Waals surface area contributed by atoms with Crippen LogP contribution >= 0.6 is 0 Å². The van der Waals surface area contributed by atoms with Gasteiger partial charge < -0.3 is 4.57 Å². The fourth-order valence-corrected chi connectivity index (χ4v) is 1.28. The van der Waals surface area contributed by atoms with Crippen LogP contribution in [0.3, 0.4) is 0 Å². The molecule has 0 N–H and O–H groups in total. The van der Waals surface area contributed by atoms with Gasteiger partial charge in [-0.05, 0) is 31.9 Å². The first kappa shape index (κ1) is 11.3. The standard InChI is InChI=1S/C9H15N.C2H6/c1-4-5-10-7-8(2)6-9(10)3;1-2/h6-7H,4-5H2,1-3H3;1-2H3. The van der Waals surface area contributed by atoms with Crippen molar-refractivity contribution < 1.29 is 0 Å². The van der Waals surface area contributed by atoms with Gasteiger partial charge in [-0.15, -0.1) is 0 Å². The van der Waals surface area contributed by atoms with Crippen LogP contribution in [0.25, 0.3) is 0 Å². The molecule has 1 aromatic heterocycles. The first-order valence-electron chi connectivity index (χ1n) is 4.87. The summed E-state index contributed by atoms with van der Waals surface area (Å²) in [4.78, 5) is 0. The van der Waals surface area contributed by atoms with Gasteiger partial charge in [0.1, 0.15) is 0 Å². The molecule has 1 rings (SSSR count). The molecule has 12 heavy (non-hydrogen) atoms. The van der Waals surface area contributed by atoms with Gasteiger partial charge >= 0.3 is 0 Å². The van der Waals surface area contributed by atoms with Crippen LogP contribution in [0.2, 0.25) is 0 Å². The maximum absolute atomic E-state index is 2.30. The minimum Gasteiger partial charge on any atom is -0.351 e. The minimum atomic E-state index is 1.15. The molecule has 0 aliphatic heterocycles. The van der Waals surface area contributed by atoms with Gasteiger partial charge in [0.2, 0.25) is 0 Å². The molecule has 0 saturated heterocycles. The third kappa shape index (κ3) is 3.12. The average molecular weight is 167 g/mol. The van der Waals surface area contributed by atoms with E-state index in [2.05, 4.69) is 37.6 Å². The number of aromatic nitrogens is 1. The number of aryl methyl sites for hydroxylation is 3. The smallest absolute Gasteiger partial charge is 0.0219 e. The molecule has 0 spiro atoms. The lowest BCUT2D eigenvalue weighted by atomic mass is 10.4. The van der Waals surface area contributed by atoms with Crippen LogP contribution in [0, 0.1) is 13.8 Å². The highest BCUT2D eigenvalue weighted by Crippen LogP contribution is 2.06. The second kappa shape index (κ2) is 5.87. The molecule has 1 heterocycles. The molecule has 0 aromatic carbocycles.